The molecule has 26 heavy (non-hydrogen) atoms. The highest BCUT2D eigenvalue weighted by molar-refractivity contribution is 8.01. The molecule has 1 aromatic carbocycles. The van der Waals surface area contributed by atoms with Gasteiger partial charge >= 0.3 is 6.03 Å². The van der Waals surface area contributed by atoms with Gasteiger partial charge in [-0.1, -0.05) is 0 Å². The second kappa shape index (κ2) is 7.79. The molecule has 0 atom stereocenters. The Labute approximate surface area is 154 Å². The van der Waals surface area contributed by atoms with Crippen LogP contribution in [-0.4, -0.2) is 65.7 Å². The SMILES string of the molecule is COCCN1C(=O)CSC12CCN(C(=O)Nc1ccc(F)c(F)c1)CC2. The number of benzene rings is 1. The lowest BCUT2D eigenvalue weighted by atomic mass is 10.0. The third kappa shape index (κ3) is 3.78. The highest BCUT2D eigenvalue weighted by atomic mass is 32.2. The normalized spacial score (nSPS) is 19.3. The molecule has 0 aliphatic carbocycles. The quantitative estimate of drug-likeness (QED) is 0.865. The van der Waals surface area contributed by atoms with Gasteiger partial charge < -0.3 is 19.9 Å². The van der Waals surface area contributed by atoms with Crippen molar-refractivity contribution in [2.24, 2.45) is 0 Å². The Balaban J connectivity index is 1.59. The molecule has 1 aromatic rings. The summed E-state index contributed by atoms with van der Waals surface area (Å²) in [5, 5.41) is 2.59. The number of carbonyl (C=O) groups is 2. The molecule has 0 radical (unpaired) electrons. The standard InChI is InChI=1S/C17H21F2N3O3S/c1-25-9-8-22-15(23)11-26-17(22)4-6-21(7-5-17)16(24)20-12-2-3-13(18)14(19)10-12/h2-3,10H,4-9,11H2,1H3,(H,20,24). The molecule has 2 aliphatic heterocycles. The van der Waals surface area contributed by atoms with E-state index in [0.717, 1.165) is 12.1 Å². The summed E-state index contributed by atoms with van der Waals surface area (Å²) in [6, 6.07) is 2.89. The number of hydrogen-bond acceptors (Lipinski definition) is 4. The molecule has 6 nitrogen and oxygen atoms in total. The van der Waals surface area contributed by atoms with Crippen LogP contribution in [0.5, 0.6) is 0 Å². The Morgan fingerprint density at radius 1 is 1.31 bits per heavy atom. The topological polar surface area (TPSA) is 61.9 Å². The molecular weight excluding hydrogens is 364 g/mol. The average Bonchev–Trinajstić information content (AvgIpc) is 2.92. The van der Waals surface area contributed by atoms with Gasteiger partial charge in [-0.15, -0.1) is 11.8 Å². The summed E-state index contributed by atoms with van der Waals surface area (Å²) < 4.78 is 31.3. The van der Waals surface area contributed by atoms with Crippen LogP contribution in [0.4, 0.5) is 19.3 Å². The van der Waals surface area contributed by atoms with Gasteiger partial charge in [-0.2, -0.15) is 0 Å². The van der Waals surface area contributed by atoms with Crippen molar-refractivity contribution in [3.8, 4) is 0 Å². The van der Waals surface area contributed by atoms with E-state index in [1.807, 2.05) is 4.90 Å². The zero-order valence-corrected chi connectivity index (χ0v) is 15.3. The molecule has 142 valence electrons. The Kier molecular flexibility index (Phi) is 5.67. The van der Waals surface area contributed by atoms with E-state index in [9.17, 15) is 18.4 Å². The summed E-state index contributed by atoms with van der Waals surface area (Å²) >= 11 is 1.62. The van der Waals surface area contributed by atoms with E-state index < -0.39 is 11.6 Å². The molecule has 0 unspecified atom stereocenters. The number of likely N-dealkylation sites (tertiary alicyclic amines) is 1. The number of methoxy groups -OCH3 is 1. The van der Waals surface area contributed by atoms with Crippen LogP contribution in [-0.2, 0) is 9.53 Å². The fourth-order valence-electron chi connectivity index (χ4n) is 3.34. The van der Waals surface area contributed by atoms with E-state index in [2.05, 4.69) is 5.32 Å². The summed E-state index contributed by atoms with van der Waals surface area (Å²) in [5.74, 6) is -1.41. The molecule has 1 N–H and O–H groups in total. The Morgan fingerprint density at radius 2 is 2.04 bits per heavy atom. The second-order valence-corrected chi connectivity index (χ2v) is 7.66. The second-order valence-electron chi connectivity index (χ2n) is 6.32. The van der Waals surface area contributed by atoms with E-state index in [-0.39, 0.29) is 22.5 Å². The molecule has 2 heterocycles. The van der Waals surface area contributed by atoms with Crippen LogP contribution >= 0.6 is 11.8 Å². The summed E-state index contributed by atoms with van der Waals surface area (Å²) in [4.78, 5) is 27.7. The number of anilines is 1. The molecule has 0 saturated carbocycles. The summed E-state index contributed by atoms with van der Waals surface area (Å²) in [5.41, 5.74) is 0.210. The predicted octanol–water partition coefficient (Wildman–Crippen LogP) is 2.51. The van der Waals surface area contributed by atoms with Crippen molar-refractivity contribution in [3.05, 3.63) is 29.8 Å². The van der Waals surface area contributed by atoms with E-state index in [1.54, 1.807) is 23.8 Å². The van der Waals surface area contributed by atoms with Crippen molar-refractivity contribution < 1.29 is 23.1 Å². The maximum absolute atomic E-state index is 13.3. The van der Waals surface area contributed by atoms with Gasteiger partial charge in [0, 0.05) is 38.5 Å². The molecule has 0 bridgehead atoms. The van der Waals surface area contributed by atoms with Gasteiger partial charge in [0.2, 0.25) is 5.91 Å². The monoisotopic (exact) mass is 385 g/mol. The smallest absolute Gasteiger partial charge is 0.321 e. The zero-order valence-electron chi connectivity index (χ0n) is 14.5. The minimum absolute atomic E-state index is 0.103. The Hall–Kier alpha value is -1.87. The minimum atomic E-state index is -1.00. The third-order valence-electron chi connectivity index (χ3n) is 4.78. The van der Waals surface area contributed by atoms with Crippen LogP contribution in [0.3, 0.4) is 0 Å². The lowest BCUT2D eigenvalue weighted by Crippen LogP contribution is -2.54. The number of ether oxygens (including phenoxy) is 1. The van der Waals surface area contributed by atoms with Crippen LogP contribution < -0.4 is 5.32 Å². The number of nitrogens with zero attached hydrogens (tertiary/aromatic N) is 2. The largest absolute Gasteiger partial charge is 0.383 e. The Morgan fingerprint density at radius 3 is 2.69 bits per heavy atom. The van der Waals surface area contributed by atoms with Crippen LogP contribution in [0, 0.1) is 11.6 Å². The van der Waals surface area contributed by atoms with Crippen molar-refractivity contribution in [1.82, 2.24) is 9.80 Å². The molecular formula is C17H21F2N3O3S. The summed E-state index contributed by atoms with van der Waals surface area (Å²) in [7, 11) is 1.60. The fourth-order valence-corrected chi connectivity index (χ4v) is 4.71. The first-order valence-corrected chi connectivity index (χ1v) is 9.38. The fraction of sp³-hybridized carbons (Fsp3) is 0.529. The number of nitrogens with one attached hydrogen (secondary N) is 1. The molecule has 3 amide bonds. The first-order chi connectivity index (χ1) is 12.4. The third-order valence-corrected chi connectivity index (χ3v) is 6.34. The number of hydrogen-bond donors (Lipinski definition) is 1. The first kappa shape index (κ1) is 18.9. The average molecular weight is 385 g/mol. The van der Waals surface area contributed by atoms with Gasteiger partial charge in [0.05, 0.1) is 17.2 Å². The molecule has 9 heteroatoms. The number of carbonyl (C=O) groups excluding carboxylic acids is 2. The van der Waals surface area contributed by atoms with Gasteiger partial charge in [-0.25, -0.2) is 13.6 Å². The molecule has 0 aromatic heterocycles. The van der Waals surface area contributed by atoms with Crippen LogP contribution in [0.2, 0.25) is 0 Å². The maximum atomic E-state index is 13.3. The number of piperidine rings is 1. The van der Waals surface area contributed by atoms with Crippen molar-refractivity contribution in [2.75, 3.05) is 44.4 Å². The van der Waals surface area contributed by atoms with Gasteiger partial charge in [0.15, 0.2) is 11.6 Å². The van der Waals surface area contributed by atoms with Crippen molar-refractivity contribution >= 4 is 29.4 Å². The van der Waals surface area contributed by atoms with E-state index in [4.69, 9.17) is 4.74 Å². The predicted molar refractivity (Wildman–Crippen MR) is 95.0 cm³/mol. The van der Waals surface area contributed by atoms with E-state index in [0.29, 0.717) is 44.8 Å². The highest BCUT2D eigenvalue weighted by Gasteiger charge is 2.48. The zero-order chi connectivity index (χ0) is 18.7. The minimum Gasteiger partial charge on any atom is -0.383 e. The molecule has 3 rings (SSSR count). The summed E-state index contributed by atoms with van der Waals surface area (Å²) in [6.45, 7) is 2.00. The van der Waals surface area contributed by atoms with Crippen LogP contribution in [0.15, 0.2) is 18.2 Å². The lowest BCUT2D eigenvalue weighted by molar-refractivity contribution is -0.131. The van der Waals surface area contributed by atoms with Gasteiger partial charge in [-0.3, -0.25) is 4.79 Å². The van der Waals surface area contributed by atoms with Gasteiger partial charge in [0.1, 0.15) is 0 Å². The number of halogens is 2. The van der Waals surface area contributed by atoms with Gasteiger partial charge in [0.25, 0.3) is 0 Å². The molecule has 2 aliphatic rings. The Bertz CT molecular complexity index is 696. The van der Waals surface area contributed by atoms with Crippen molar-refractivity contribution in [1.29, 1.82) is 0 Å². The number of rotatable bonds is 4. The van der Waals surface area contributed by atoms with Crippen LogP contribution in [0.1, 0.15) is 12.8 Å². The van der Waals surface area contributed by atoms with Gasteiger partial charge in [-0.05, 0) is 25.0 Å². The number of amides is 3. The van der Waals surface area contributed by atoms with Crippen molar-refractivity contribution in [2.45, 2.75) is 17.7 Å². The molecule has 1 spiro atoms. The van der Waals surface area contributed by atoms with E-state index >= 15 is 0 Å². The lowest BCUT2D eigenvalue weighted by Gasteiger charge is -2.43. The molecule has 2 fully saturated rings. The maximum Gasteiger partial charge on any atom is 0.321 e. The number of thioether (sulfide) groups is 1. The van der Waals surface area contributed by atoms with Crippen LogP contribution in [0.25, 0.3) is 0 Å². The van der Waals surface area contributed by atoms with Crippen molar-refractivity contribution in [3.63, 3.8) is 0 Å². The molecule has 2 saturated heterocycles. The van der Waals surface area contributed by atoms with E-state index in [1.165, 1.54) is 6.07 Å². The highest BCUT2D eigenvalue weighted by Crippen LogP contribution is 2.44. The summed E-state index contributed by atoms with van der Waals surface area (Å²) in [6.07, 6.45) is 1.33. The first-order valence-electron chi connectivity index (χ1n) is 8.39. The number of urea groups is 1.